The fourth-order valence-corrected chi connectivity index (χ4v) is 5.54. The van der Waals surface area contributed by atoms with Gasteiger partial charge in [0.2, 0.25) is 0 Å². The summed E-state index contributed by atoms with van der Waals surface area (Å²) in [6.07, 6.45) is 14.9. The monoisotopic (exact) mass is 435 g/mol. The number of fused-ring (bicyclic) bond motifs is 1. The van der Waals surface area contributed by atoms with Crippen molar-refractivity contribution in [3.8, 4) is 5.75 Å². The number of hydrogen-bond acceptors (Lipinski definition) is 2. The number of ether oxygens (including phenoxy) is 1. The van der Waals surface area contributed by atoms with E-state index in [1.54, 1.807) is 21.0 Å². The number of allylic oxidation sites excluding steroid dienone is 8. The van der Waals surface area contributed by atoms with E-state index >= 15 is 0 Å². The number of nitrogens with one attached hydrogen (secondary N) is 1. The summed E-state index contributed by atoms with van der Waals surface area (Å²) in [5, 5.41) is 3.88. The second kappa shape index (κ2) is 9.39. The minimum absolute atomic E-state index is 0.261. The van der Waals surface area contributed by atoms with Gasteiger partial charge in [0.15, 0.2) is 0 Å². The van der Waals surface area contributed by atoms with Gasteiger partial charge in [-0.15, -0.1) is 0 Å². The average Bonchev–Trinajstić information content (AvgIpc) is 3.23. The van der Waals surface area contributed by atoms with Crippen molar-refractivity contribution >= 4 is 0 Å². The van der Waals surface area contributed by atoms with Gasteiger partial charge in [0, 0.05) is 18.0 Å². The second-order valence-corrected chi connectivity index (χ2v) is 10.4. The van der Waals surface area contributed by atoms with Crippen LogP contribution in [0.25, 0.3) is 0 Å². The summed E-state index contributed by atoms with van der Waals surface area (Å²) in [4.78, 5) is 0. The number of hydrogen-bond donors (Lipinski definition) is 1. The summed E-state index contributed by atoms with van der Waals surface area (Å²) in [6, 6.07) is 9.25. The third-order valence-corrected chi connectivity index (χ3v) is 7.49. The predicted molar refractivity (Wildman–Crippen MR) is 132 cm³/mol. The lowest BCUT2D eigenvalue weighted by Crippen LogP contribution is -2.36. The molecule has 0 amide bonds. The first-order chi connectivity index (χ1) is 15.2. The van der Waals surface area contributed by atoms with Crippen LogP contribution in [-0.2, 0) is 0 Å². The Kier molecular flexibility index (Phi) is 6.76. The molecule has 172 valence electrons. The molecule has 32 heavy (non-hydrogen) atoms. The van der Waals surface area contributed by atoms with Gasteiger partial charge < -0.3 is 10.1 Å². The number of methoxy groups -OCH3 is 1. The Balaban J connectivity index is 1.39. The molecule has 3 heteroatoms. The number of alkyl halides is 1. The van der Waals surface area contributed by atoms with Crippen LogP contribution in [0.4, 0.5) is 4.39 Å². The third-order valence-electron chi connectivity index (χ3n) is 7.49. The quantitative estimate of drug-likeness (QED) is 0.481. The van der Waals surface area contributed by atoms with Crippen molar-refractivity contribution in [2.75, 3.05) is 7.11 Å². The number of benzene rings is 1. The van der Waals surface area contributed by atoms with E-state index in [-0.39, 0.29) is 5.92 Å². The first-order valence-electron chi connectivity index (χ1n) is 12.1. The Bertz CT molecular complexity index is 944. The van der Waals surface area contributed by atoms with Crippen molar-refractivity contribution in [3.63, 3.8) is 0 Å². The molecule has 2 nitrogen and oxygen atoms in total. The first-order valence-corrected chi connectivity index (χ1v) is 12.1. The van der Waals surface area contributed by atoms with E-state index in [0.29, 0.717) is 18.0 Å². The van der Waals surface area contributed by atoms with E-state index in [1.807, 2.05) is 12.1 Å². The Labute approximate surface area is 193 Å². The van der Waals surface area contributed by atoms with Crippen LogP contribution in [0.3, 0.4) is 0 Å². The number of halogens is 1. The van der Waals surface area contributed by atoms with Gasteiger partial charge in [-0.1, -0.05) is 54.9 Å². The summed E-state index contributed by atoms with van der Waals surface area (Å²) in [7, 11) is 1.71. The Morgan fingerprint density at radius 1 is 1.16 bits per heavy atom. The summed E-state index contributed by atoms with van der Waals surface area (Å²) < 4.78 is 19.9. The van der Waals surface area contributed by atoms with Gasteiger partial charge in [-0.2, -0.15) is 0 Å². The molecule has 0 spiro atoms. The molecular weight excluding hydrogens is 397 g/mol. The van der Waals surface area contributed by atoms with Crippen molar-refractivity contribution in [1.29, 1.82) is 0 Å². The summed E-state index contributed by atoms with van der Waals surface area (Å²) in [5.41, 5.74) is 4.86. The molecule has 0 bridgehead atoms. The van der Waals surface area contributed by atoms with Gasteiger partial charge in [0.25, 0.3) is 0 Å². The zero-order valence-electron chi connectivity index (χ0n) is 20.2. The van der Waals surface area contributed by atoms with Crippen molar-refractivity contribution in [2.24, 2.45) is 11.8 Å². The van der Waals surface area contributed by atoms with E-state index in [9.17, 15) is 4.39 Å². The zero-order valence-corrected chi connectivity index (χ0v) is 20.2. The maximum absolute atomic E-state index is 14.6. The molecule has 1 aromatic carbocycles. The highest BCUT2D eigenvalue weighted by atomic mass is 19.1. The van der Waals surface area contributed by atoms with Crippen LogP contribution < -0.4 is 10.1 Å². The maximum Gasteiger partial charge on any atom is 0.130 e. The topological polar surface area (TPSA) is 21.3 Å². The molecule has 1 N–H and O–H groups in total. The lowest BCUT2D eigenvalue weighted by molar-refractivity contribution is 0.267. The molecule has 1 saturated carbocycles. The first kappa shape index (κ1) is 23.0. The van der Waals surface area contributed by atoms with Crippen LogP contribution in [0.5, 0.6) is 5.75 Å². The molecule has 0 saturated heterocycles. The normalized spacial score (nSPS) is 26.5. The molecule has 3 aliphatic carbocycles. The molecule has 2 unspecified atom stereocenters. The van der Waals surface area contributed by atoms with E-state index in [0.717, 1.165) is 17.7 Å². The lowest BCUT2D eigenvalue weighted by atomic mass is 9.76. The maximum atomic E-state index is 14.6. The van der Waals surface area contributed by atoms with Gasteiger partial charge >= 0.3 is 0 Å². The molecule has 0 heterocycles. The van der Waals surface area contributed by atoms with Crippen LogP contribution in [0, 0.1) is 11.8 Å². The minimum Gasteiger partial charge on any atom is -0.497 e. The second-order valence-electron chi connectivity index (χ2n) is 10.4. The van der Waals surface area contributed by atoms with Crippen LogP contribution >= 0.6 is 0 Å². The Morgan fingerprint density at radius 2 is 1.91 bits per heavy atom. The van der Waals surface area contributed by atoms with Gasteiger partial charge in [0.05, 0.1) is 7.11 Å². The highest BCUT2D eigenvalue weighted by Gasteiger charge is 2.33. The van der Waals surface area contributed by atoms with Gasteiger partial charge in [-0.25, -0.2) is 4.39 Å². The van der Waals surface area contributed by atoms with E-state index in [1.165, 1.54) is 48.0 Å². The fraction of sp³-hybridized carbons (Fsp3) is 0.517. The van der Waals surface area contributed by atoms with Crippen LogP contribution in [0.15, 0.2) is 70.9 Å². The third kappa shape index (κ3) is 5.09. The molecule has 1 aromatic rings. The molecule has 4 rings (SSSR count). The molecule has 4 atom stereocenters. The van der Waals surface area contributed by atoms with Crippen molar-refractivity contribution < 1.29 is 9.13 Å². The predicted octanol–water partition coefficient (Wildman–Crippen LogP) is 7.41. The molecule has 0 radical (unpaired) electrons. The molecular formula is C29H38FNO. The summed E-state index contributed by atoms with van der Waals surface area (Å²) in [6.45, 7) is 7.73. The Hall–Kier alpha value is -2.13. The van der Waals surface area contributed by atoms with Gasteiger partial charge in [-0.05, 0) is 87.3 Å². The molecule has 0 aliphatic heterocycles. The van der Waals surface area contributed by atoms with Crippen molar-refractivity contribution in [3.05, 3.63) is 76.4 Å². The standard InChI is InChI=1S/C29H38FNO/c1-19-9-10-23(28-18-24(17-27(19)28)29(3,4)30)15-21-7-6-8-25(16-21)31-20(2)22-11-13-26(32-5)14-12-22/h9-14,17-18,20-21,25,28,31H,6-8,15-16H2,1-5H3/t20?,21-,25-,28?/m1/s1. The molecule has 1 fully saturated rings. The van der Waals surface area contributed by atoms with Crippen molar-refractivity contribution in [2.45, 2.75) is 77.6 Å². The zero-order chi connectivity index (χ0) is 22.9. The Morgan fingerprint density at radius 3 is 2.59 bits per heavy atom. The van der Waals surface area contributed by atoms with Crippen LogP contribution in [0.1, 0.15) is 71.4 Å². The minimum atomic E-state index is -1.28. The summed E-state index contributed by atoms with van der Waals surface area (Å²) >= 11 is 0. The van der Waals surface area contributed by atoms with E-state index < -0.39 is 5.67 Å². The lowest BCUT2D eigenvalue weighted by Gasteiger charge is -2.34. The smallest absolute Gasteiger partial charge is 0.130 e. The largest absolute Gasteiger partial charge is 0.497 e. The molecule has 3 aliphatic rings. The number of rotatable bonds is 7. The van der Waals surface area contributed by atoms with Crippen molar-refractivity contribution in [1.82, 2.24) is 5.32 Å². The molecule has 0 aromatic heterocycles. The van der Waals surface area contributed by atoms with Gasteiger partial charge in [0.1, 0.15) is 11.4 Å². The fourth-order valence-electron chi connectivity index (χ4n) is 5.54. The highest BCUT2D eigenvalue weighted by Crippen LogP contribution is 2.44. The van der Waals surface area contributed by atoms with Crippen LogP contribution in [-0.4, -0.2) is 18.8 Å². The highest BCUT2D eigenvalue weighted by molar-refractivity contribution is 5.56. The van der Waals surface area contributed by atoms with E-state index in [4.69, 9.17) is 4.74 Å². The average molecular weight is 436 g/mol. The van der Waals surface area contributed by atoms with Crippen LogP contribution in [0.2, 0.25) is 0 Å². The SMILES string of the molecule is COc1ccc(C(C)N[C@@H]2CCC[C@H](CC3=CC=C(C)C4=CC(C(C)(C)F)=CC34)C2)cc1. The van der Waals surface area contributed by atoms with Gasteiger partial charge in [-0.3, -0.25) is 0 Å². The van der Waals surface area contributed by atoms with E-state index in [2.05, 4.69) is 55.6 Å². The summed E-state index contributed by atoms with van der Waals surface area (Å²) in [5.74, 6) is 1.84.